The zero-order valence-electron chi connectivity index (χ0n) is 12.6. The molecule has 0 aromatic rings. The molecule has 1 fully saturated rings. The summed E-state index contributed by atoms with van der Waals surface area (Å²) in [6.45, 7) is 12.0. The van der Waals surface area contributed by atoms with Gasteiger partial charge in [-0.3, -0.25) is 9.59 Å². The first-order valence-corrected chi connectivity index (χ1v) is 7.04. The lowest BCUT2D eigenvalue weighted by molar-refractivity contribution is -0.156. The van der Waals surface area contributed by atoms with Gasteiger partial charge in [0.05, 0.1) is 6.42 Å². The minimum Gasteiger partial charge on any atom is -0.460 e. The highest BCUT2D eigenvalue weighted by atomic mass is 16.6. The van der Waals surface area contributed by atoms with Gasteiger partial charge in [0, 0.05) is 32.6 Å². The Morgan fingerprint density at radius 2 is 1.63 bits per heavy atom. The number of nitrogens with zero attached hydrogens (tertiary/aromatic N) is 2. The summed E-state index contributed by atoms with van der Waals surface area (Å²) in [5.41, 5.74) is -0.479. The Morgan fingerprint density at radius 3 is 2.11 bits per heavy atom. The van der Waals surface area contributed by atoms with Crippen LogP contribution in [0.3, 0.4) is 0 Å². The smallest absolute Gasteiger partial charge is 0.306 e. The molecule has 1 heterocycles. The summed E-state index contributed by atoms with van der Waals surface area (Å²) in [5, 5.41) is 0. The monoisotopic (exact) mass is 270 g/mol. The van der Waals surface area contributed by atoms with Crippen molar-refractivity contribution < 1.29 is 14.3 Å². The van der Waals surface area contributed by atoms with Gasteiger partial charge in [0.25, 0.3) is 0 Å². The number of rotatable bonds is 4. The van der Waals surface area contributed by atoms with E-state index in [0.717, 1.165) is 32.7 Å². The first kappa shape index (κ1) is 16.0. The van der Waals surface area contributed by atoms with Crippen LogP contribution in [0.5, 0.6) is 0 Å². The SMILES string of the molecule is CCN1CCN(C(=O)CCC(=O)OC(C)(C)C)CC1. The predicted octanol–water partition coefficient (Wildman–Crippen LogP) is 1.27. The maximum atomic E-state index is 12.0. The zero-order chi connectivity index (χ0) is 14.5. The number of carbonyl (C=O) groups is 2. The van der Waals surface area contributed by atoms with E-state index in [9.17, 15) is 9.59 Å². The topological polar surface area (TPSA) is 49.9 Å². The van der Waals surface area contributed by atoms with Gasteiger partial charge >= 0.3 is 5.97 Å². The molecule has 1 amide bonds. The Bertz CT molecular complexity index is 315. The van der Waals surface area contributed by atoms with E-state index in [1.807, 2.05) is 25.7 Å². The standard InChI is InChI=1S/C14H26N2O3/c1-5-15-8-10-16(11-9-15)12(17)6-7-13(18)19-14(2,3)4/h5-11H2,1-4H3. The van der Waals surface area contributed by atoms with Gasteiger partial charge in [0.1, 0.15) is 5.60 Å². The molecule has 0 aromatic carbocycles. The average molecular weight is 270 g/mol. The number of ether oxygens (including phenoxy) is 1. The van der Waals surface area contributed by atoms with Crippen molar-refractivity contribution in [2.24, 2.45) is 0 Å². The van der Waals surface area contributed by atoms with Gasteiger partial charge in [-0.2, -0.15) is 0 Å². The lowest BCUT2D eigenvalue weighted by Gasteiger charge is -2.34. The van der Waals surface area contributed by atoms with E-state index < -0.39 is 5.60 Å². The van der Waals surface area contributed by atoms with Crippen molar-refractivity contribution in [3.63, 3.8) is 0 Å². The highest BCUT2D eigenvalue weighted by Gasteiger charge is 2.22. The third-order valence-corrected chi connectivity index (χ3v) is 3.14. The van der Waals surface area contributed by atoms with Crippen LogP contribution in [-0.4, -0.2) is 60.0 Å². The molecule has 1 saturated heterocycles. The summed E-state index contributed by atoms with van der Waals surface area (Å²) in [6.07, 6.45) is 0.422. The van der Waals surface area contributed by atoms with Crippen LogP contribution in [0, 0.1) is 0 Å². The van der Waals surface area contributed by atoms with E-state index >= 15 is 0 Å². The summed E-state index contributed by atoms with van der Waals surface area (Å²) in [5.74, 6) is -0.241. The van der Waals surface area contributed by atoms with Crippen molar-refractivity contribution in [2.75, 3.05) is 32.7 Å². The van der Waals surface area contributed by atoms with Gasteiger partial charge in [-0.05, 0) is 27.3 Å². The van der Waals surface area contributed by atoms with E-state index in [-0.39, 0.29) is 24.7 Å². The van der Waals surface area contributed by atoms with Crippen LogP contribution >= 0.6 is 0 Å². The molecule has 0 radical (unpaired) electrons. The number of esters is 1. The van der Waals surface area contributed by atoms with Crippen LogP contribution in [0.15, 0.2) is 0 Å². The fourth-order valence-corrected chi connectivity index (χ4v) is 2.07. The Balaban J connectivity index is 2.27. The third-order valence-electron chi connectivity index (χ3n) is 3.14. The van der Waals surface area contributed by atoms with E-state index in [0.29, 0.717) is 0 Å². The molecule has 5 nitrogen and oxygen atoms in total. The second-order valence-electron chi connectivity index (χ2n) is 5.90. The van der Waals surface area contributed by atoms with E-state index in [4.69, 9.17) is 4.74 Å². The molecule has 19 heavy (non-hydrogen) atoms. The number of piperazine rings is 1. The van der Waals surface area contributed by atoms with Crippen molar-refractivity contribution in [3.05, 3.63) is 0 Å². The maximum Gasteiger partial charge on any atom is 0.306 e. The van der Waals surface area contributed by atoms with Crippen LogP contribution in [0.4, 0.5) is 0 Å². The largest absolute Gasteiger partial charge is 0.460 e. The third kappa shape index (κ3) is 6.05. The molecule has 1 aliphatic rings. The minimum absolute atomic E-state index is 0.0570. The molecule has 0 spiro atoms. The van der Waals surface area contributed by atoms with Crippen LogP contribution < -0.4 is 0 Å². The summed E-state index contributed by atoms with van der Waals surface area (Å²) >= 11 is 0. The van der Waals surface area contributed by atoms with Gasteiger partial charge in [0.15, 0.2) is 0 Å². The Labute approximate surface area is 115 Å². The Kier molecular flexibility index (Phi) is 5.79. The van der Waals surface area contributed by atoms with Crippen molar-refractivity contribution in [2.45, 2.75) is 46.1 Å². The van der Waals surface area contributed by atoms with Crippen LogP contribution in [0.1, 0.15) is 40.5 Å². The van der Waals surface area contributed by atoms with Crippen LogP contribution in [-0.2, 0) is 14.3 Å². The molecule has 0 atom stereocenters. The number of likely N-dealkylation sites (N-methyl/N-ethyl adjacent to an activating group) is 1. The number of hydrogen-bond donors (Lipinski definition) is 0. The second-order valence-corrected chi connectivity index (χ2v) is 5.90. The van der Waals surface area contributed by atoms with Crippen LogP contribution in [0.25, 0.3) is 0 Å². The molecule has 0 aliphatic carbocycles. The zero-order valence-corrected chi connectivity index (χ0v) is 12.6. The summed E-state index contributed by atoms with van der Waals surface area (Å²) in [7, 11) is 0. The quantitative estimate of drug-likeness (QED) is 0.722. The highest BCUT2D eigenvalue weighted by Crippen LogP contribution is 2.10. The first-order chi connectivity index (χ1) is 8.81. The molecular formula is C14H26N2O3. The maximum absolute atomic E-state index is 12.0. The molecule has 0 N–H and O–H groups in total. The molecule has 1 rings (SSSR count). The predicted molar refractivity (Wildman–Crippen MR) is 73.8 cm³/mol. The molecule has 1 aliphatic heterocycles. The molecule has 5 heteroatoms. The first-order valence-electron chi connectivity index (χ1n) is 7.04. The minimum atomic E-state index is -0.479. The summed E-state index contributed by atoms with van der Waals surface area (Å²) in [4.78, 5) is 27.7. The number of amides is 1. The summed E-state index contributed by atoms with van der Waals surface area (Å²) < 4.78 is 5.19. The molecule has 0 bridgehead atoms. The van der Waals surface area contributed by atoms with Gasteiger partial charge in [0.2, 0.25) is 5.91 Å². The Morgan fingerprint density at radius 1 is 1.05 bits per heavy atom. The van der Waals surface area contributed by atoms with E-state index in [1.54, 1.807) is 0 Å². The Hall–Kier alpha value is -1.10. The van der Waals surface area contributed by atoms with Crippen molar-refractivity contribution >= 4 is 11.9 Å². The lowest BCUT2D eigenvalue weighted by atomic mass is 10.2. The molecular weight excluding hydrogens is 244 g/mol. The number of hydrogen-bond acceptors (Lipinski definition) is 4. The van der Waals surface area contributed by atoms with Gasteiger partial charge < -0.3 is 14.5 Å². The molecule has 0 saturated carbocycles. The molecule has 0 unspecified atom stereocenters. The molecule has 0 aromatic heterocycles. The van der Waals surface area contributed by atoms with Gasteiger partial charge in [-0.25, -0.2) is 0 Å². The van der Waals surface area contributed by atoms with Crippen molar-refractivity contribution in [1.82, 2.24) is 9.80 Å². The van der Waals surface area contributed by atoms with Crippen molar-refractivity contribution in [1.29, 1.82) is 0 Å². The molecule has 110 valence electrons. The number of carbonyl (C=O) groups excluding carboxylic acids is 2. The van der Waals surface area contributed by atoms with Gasteiger partial charge in [-0.15, -0.1) is 0 Å². The van der Waals surface area contributed by atoms with Gasteiger partial charge in [-0.1, -0.05) is 6.92 Å². The fourth-order valence-electron chi connectivity index (χ4n) is 2.07. The normalized spacial score (nSPS) is 17.4. The average Bonchev–Trinajstić information content (AvgIpc) is 2.34. The van der Waals surface area contributed by atoms with E-state index in [1.165, 1.54) is 0 Å². The highest BCUT2D eigenvalue weighted by molar-refractivity contribution is 5.81. The lowest BCUT2D eigenvalue weighted by Crippen LogP contribution is -2.48. The van der Waals surface area contributed by atoms with Crippen LogP contribution in [0.2, 0.25) is 0 Å². The fraction of sp³-hybridized carbons (Fsp3) is 0.857. The van der Waals surface area contributed by atoms with E-state index in [2.05, 4.69) is 11.8 Å². The summed E-state index contributed by atoms with van der Waals surface area (Å²) in [6, 6.07) is 0. The second kappa shape index (κ2) is 6.89. The van der Waals surface area contributed by atoms with Crippen molar-refractivity contribution in [3.8, 4) is 0 Å².